The molecule has 1 aromatic carbocycles. The van der Waals surface area contributed by atoms with Gasteiger partial charge in [-0.25, -0.2) is 13.4 Å². The molecule has 0 amide bonds. The van der Waals surface area contributed by atoms with E-state index in [2.05, 4.69) is 4.99 Å². The van der Waals surface area contributed by atoms with E-state index in [0.29, 0.717) is 17.4 Å². The van der Waals surface area contributed by atoms with Crippen LogP contribution in [0.2, 0.25) is 0 Å². The largest absolute Gasteiger partial charge is 0.370 e. The van der Waals surface area contributed by atoms with Crippen molar-refractivity contribution in [1.82, 2.24) is 4.90 Å². The van der Waals surface area contributed by atoms with E-state index < -0.39 is 9.84 Å². The number of hydrogen-bond acceptors (Lipinski definition) is 3. The van der Waals surface area contributed by atoms with E-state index >= 15 is 0 Å². The van der Waals surface area contributed by atoms with E-state index in [1.54, 1.807) is 19.1 Å². The van der Waals surface area contributed by atoms with Crippen LogP contribution in [-0.4, -0.2) is 38.6 Å². The van der Waals surface area contributed by atoms with Gasteiger partial charge in [-0.3, -0.25) is 0 Å². The van der Waals surface area contributed by atoms with Crippen molar-refractivity contribution in [3.63, 3.8) is 0 Å². The van der Waals surface area contributed by atoms with E-state index in [4.69, 9.17) is 5.73 Å². The summed E-state index contributed by atoms with van der Waals surface area (Å²) in [5.74, 6) is 0.535. The van der Waals surface area contributed by atoms with Crippen LogP contribution < -0.4 is 5.73 Å². The zero-order valence-electron chi connectivity index (χ0n) is 11.3. The highest BCUT2D eigenvalue weighted by Gasteiger charge is 2.15. The molecular formula is C13H19N3O2S. The second-order valence-corrected chi connectivity index (χ2v) is 6.87. The Morgan fingerprint density at radius 1 is 1.42 bits per heavy atom. The van der Waals surface area contributed by atoms with Gasteiger partial charge in [0.15, 0.2) is 15.8 Å². The van der Waals surface area contributed by atoms with Crippen LogP contribution in [0.25, 0.3) is 0 Å². The lowest BCUT2D eigenvalue weighted by atomic mass is 10.1. The number of sulfone groups is 1. The Hall–Kier alpha value is -1.56. The highest BCUT2D eigenvalue weighted by Crippen LogP contribution is 2.17. The van der Waals surface area contributed by atoms with E-state index in [-0.39, 0.29) is 0 Å². The van der Waals surface area contributed by atoms with Gasteiger partial charge < -0.3 is 10.6 Å². The van der Waals surface area contributed by atoms with Crippen LogP contribution >= 0.6 is 0 Å². The fraction of sp³-hybridized carbons (Fsp3) is 0.462. The first-order chi connectivity index (χ1) is 8.88. The standard InChI is InChI=1S/C13H19N3O2S/c1-10-4-5-11(8-12(10)19(2,17)18)9-15-13(14)16-6-3-7-16/h4-5,8H,3,6-7,9H2,1-2H3,(H2,14,15). The number of nitrogens with zero attached hydrogens (tertiary/aromatic N) is 2. The Morgan fingerprint density at radius 2 is 2.11 bits per heavy atom. The predicted molar refractivity (Wildman–Crippen MR) is 75.8 cm³/mol. The first-order valence-corrected chi connectivity index (χ1v) is 8.11. The van der Waals surface area contributed by atoms with Gasteiger partial charge in [-0.2, -0.15) is 0 Å². The van der Waals surface area contributed by atoms with Crippen LogP contribution in [0, 0.1) is 6.92 Å². The fourth-order valence-corrected chi connectivity index (χ4v) is 2.98. The maximum Gasteiger partial charge on any atom is 0.191 e. The zero-order valence-corrected chi connectivity index (χ0v) is 12.1. The molecule has 2 rings (SSSR count). The van der Waals surface area contributed by atoms with Gasteiger partial charge in [0, 0.05) is 19.3 Å². The molecule has 1 aliphatic rings. The van der Waals surface area contributed by atoms with Crippen molar-refractivity contribution in [1.29, 1.82) is 0 Å². The maximum atomic E-state index is 11.6. The molecule has 0 spiro atoms. The summed E-state index contributed by atoms with van der Waals surface area (Å²) in [6, 6.07) is 5.37. The first-order valence-electron chi connectivity index (χ1n) is 6.22. The molecule has 104 valence electrons. The molecule has 0 unspecified atom stereocenters. The maximum absolute atomic E-state index is 11.6. The van der Waals surface area contributed by atoms with Crippen LogP contribution in [0.5, 0.6) is 0 Å². The second-order valence-electron chi connectivity index (χ2n) is 4.89. The highest BCUT2D eigenvalue weighted by molar-refractivity contribution is 7.90. The molecule has 0 aromatic heterocycles. The Morgan fingerprint density at radius 3 is 2.63 bits per heavy atom. The molecular weight excluding hydrogens is 262 g/mol. The molecule has 0 radical (unpaired) electrons. The molecule has 1 aliphatic heterocycles. The van der Waals surface area contributed by atoms with Gasteiger partial charge >= 0.3 is 0 Å². The van der Waals surface area contributed by atoms with Crippen molar-refractivity contribution in [2.45, 2.75) is 24.8 Å². The lowest BCUT2D eigenvalue weighted by Gasteiger charge is -2.31. The van der Waals surface area contributed by atoms with Crippen molar-refractivity contribution in [3.05, 3.63) is 29.3 Å². The molecule has 6 heteroatoms. The molecule has 1 fully saturated rings. The van der Waals surface area contributed by atoms with Crippen LogP contribution in [-0.2, 0) is 16.4 Å². The number of aliphatic imine (C=N–C) groups is 1. The lowest BCUT2D eigenvalue weighted by molar-refractivity contribution is 0.295. The smallest absolute Gasteiger partial charge is 0.191 e. The monoisotopic (exact) mass is 281 g/mol. The van der Waals surface area contributed by atoms with E-state index in [1.807, 2.05) is 11.0 Å². The Labute approximate surface area is 114 Å². The molecule has 0 bridgehead atoms. The number of benzene rings is 1. The van der Waals surface area contributed by atoms with E-state index in [9.17, 15) is 8.42 Å². The predicted octanol–water partition coefficient (Wildman–Crippen LogP) is 0.919. The summed E-state index contributed by atoms with van der Waals surface area (Å²) in [4.78, 5) is 6.66. The van der Waals surface area contributed by atoms with E-state index in [0.717, 1.165) is 30.6 Å². The second kappa shape index (κ2) is 5.21. The summed E-state index contributed by atoms with van der Waals surface area (Å²) in [7, 11) is -3.19. The summed E-state index contributed by atoms with van der Waals surface area (Å²) in [5, 5.41) is 0. The van der Waals surface area contributed by atoms with Crippen molar-refractivity contribution >= 4 is 15.8 Å². The molecule has 1 heterocycles. The number of aryl methyl sites for hydroxylation is 1. The molecule has 2 N–H and O–H groups in total. The van der Waals surface area contributed by atoms with Gasteiger partial charge in [0.2, 0.25) is 0 Å². The summed E-state index contributed by atoms with van der Waals surface area (Å²) in [5.41, 5.74) is 7.45. The van der Waals surface area contributed by atoms with Gasteiger partial charge in [0.25, 0.3) is 0 Å². The Balaban J connectivity index is 2.17. The van der Waals surface area contributed by atoms with Gasteiger partial charge in [0.1, 0.15) is 0 Å². The average molecular weight is 281 g/mol. The minimum atomic E-state index is -3.19. The Bertz CT molecular complexity index is 604. The average Bonchev–Trinajstić information content (AvgIpc) is 2.24. The summed E-state index contributed by atoms with van der Waals surface area (Å²) < 4.78 is 23.3. The van der Waals surface area contributed by atoms with Gasteiger partial charge in [0.05, 0.1) is 11.4 Å². The van der Waals surface area contributed by atoms with Crippen LogP contribution in [0.15, 0.2) is 28.1 Å². The summed E-state index contributed by atoms with van der Waals surface area (Å²) in [6.45, 7) is 4.11. The lowest BCUT2D eigenvalue weighted by Crippen LogP contribution is -2.46. The molecule has 0 saturated carbocycles. The van der Waals surface area contributed by atoms with Crippen LogP contribution in [0.3, 0.4) is 0 Å². The molecule has 19 heavy (non-hydrogen) atoms. The molecule has 5 nitrogen and oxygen atoms in total. The number of guanidine groups is 1. The quantitative estimate of drug-likeness (QED) is 0.660. The zero-order chi connectivity index (χ0) is 14.0. The summed E-state index contributed by atoms with van der Waals surface area (Å²) in [6.07, 6.45) is 2.37. The van der Waals surface area contributed by atoms with E-state index in [1.165, 1.54) is 6.26 Å². The molecule has 0 aliphatic carbocycles. The number of hydrogen-bond donors (Lipinski definition) is 1. The van der Waals surface area contributed by atoms with Crippen LogP contribution in [0.1, 0.15) is 17.5 Å². The van der Waals surface area contributed by atoms with Crippen molar-refractivity contribution in [3.8, 4) is 0 Å². The van der Waals surface area contributed by atoms with Gasteiger partial charge in [-0.1, -0.05) is 12.1 Å². The summed E-state index contributed by atoms with van der Waals surface area (Å²) >= 11 is 0. The number of likely N-dealkylation sites (tertiary alicyclic amines) is 1. The minimum Gasteiger partial charge on any atom is -0.370 e. The SMILES string of the molecule is Cc1ccc(CN=C(N)N2CCC2)cc1S(C)(=O)=O. The molecule has 0 atom stereocenters. The highest BCUT2D eigenvalue weighted by atomic mass is 32.2. The van der Waals surface area contributed by atoms with Crippen molar-refractivity contribution < 1.29 is 8.42 Å². The third-order valence-electron chi connectivity index (χ3n) is 3.26. The van der Waals surface area contributed by atoms with Crippen molar-refractivity contribution in [2.75, 3.05) is 19.3 Å². The minimum absolute atomic E-state index is 0.364. The van der Waals surface area contributed by atoms with Crippen molar-refractivity contribution in [2.24, 2.45) is 10.7 Å². The fourth-order valence-electron chi connectivity index (χ4n) is 1.96. The molecule has 1 aromatic rings. The molecule has 1 saturated heterocycles. The Kier molecular flexibility index (Phi) is 3.80. The number of nitrogens with two attached hydrogens (primary N) is 1. The van der Waals surface area contributed by atoms with Gasteiger partial charge in [-0.05, 0) is 30.5 Å². The number of rotatable bonds is 3. The van der Waals surface area contributed by atoms with Crippen LogP contribution in [0.4, 0.5) is 0 Å². The first kappa shape index (κ1) is 13.9. The topological polar surface area (TPSA) is 75.8 Å². The third kappa shape index (κ3) is 3.26. The normalized spacial score (nSPS) is 16.3. The van der Waals surface area contributed by atoms with Gasteiger partial charge in [-0.15, -0.1) is 0 Å². The third-order valence-corrected chi connectivity index (χ3v) is 4.49.